The summed E-state index contributed by atoms with van der Waals surface area (Å²) in [6.07, 6.45) is -0.413. The van der Waals surface area contributed by atoms with E-state index < -0.39 is 6.10 Å². The maximum Gasteiger partial charge on any atom is 0.121 e. The van der Waals surface area contributed by atoms with Gasteiger partial charge in [-0.3, -0.25) is 0 Å². The van der Waals surface area contributed by atoms with Crippen molar-refractivity contribution in [1.29, 1.82) is 0 Å². The number of hydrogen-bond acceptors (Lipinski definition) is 4. The van der Waals surface area contributed by atoms with E-state index in [0.717, 1.165) is 39.2 Å². The average molecular weight is 359 g/mol. The van der Waals surface area contributed by atoms with E-state index in [0.29, 0.717) is 6.54 Å². The van der Waals surface area contributed by atoms with Gasteiger partial charge in [0.1, 0.15) is 5.75 Å². The van der Waals surface area contributed by atoms with Gasteiger partial charge in [-0.1, -0.05) is 18.2 Å². The van der Waals surface area contributed by atoms with Crippen LogP contribution in [0.15, 0.2) is 48.5 Å². The largest absolute Gasteiger partial charge is 0.496 e. The summed E-state index contributed by atoms with van der Waals surface area (Å²) in [5.41, 5.74) is 4.91. The third-order valence-electron chi connectivity index (χ3n) is 3.99. The number of hydrogen-bond donors (Lipinski definition) is 2. The molecule has 25 heavy (non-hydrogen) atoms. The summed E-state index contributed by atoms with van der Waals surface area (Å²) in [4.78, 5) is 4.79. The smallest absolute Gasteiger partial charge is 0.121 e. The third-order valence-corrected chi connectivity index (χ3v) is 3.99. The maximum atomic E-state index is 9.57. The fourth-order valence-corrected chi connectivity index (χ4v) is 2.76. The number of ether oxygens (including phenoxy) is 1. The lowest BCUT2D eigenvalue weighted by atomic mass is 10.0. The minimum absolute atomic E-state index is 0. The lowest BCUT2D eigenvalue weighted by Crippen LogP contribution is -2.15. The van der Waals surface area contributed by atoms with E-state index in [9.17, 15) is 5.11 Å². The Morgan fingerprint density at radius 1 is 1.16 bits per heavy atom. The van der Waals surface area contributed by atoms with Gasteiger partial charge in [-0.15, -0.1) is 12.4 Å². The Morgan fingerprint density at radius 3 is 2.60 bits per heavy atom. The first-order valence-corrected chi connectivity index (χ1v) is 8.05. The Labute approximate surface area is 154 Å². The van der Waals surface area contributed by atoms with Crippen LogP contribution in [0.25, 0.3) is 22.2 Å². The van der Waals surface area contributed by atoms with Crippen LogP contribution in [0.4, 0.5) is 5.69 Å². The number of aliphatic hydroxyl groups is 1. The molecule has 0 aliphatic carbocycles. The van der Waals surface area contributed by atoms with Crippen LogP contribution in [0, 0.1) is 6.92 Å². The van der Waals surface area contributed by atoms with E-state index in [-0.39, 0.29) is 12.4 Å². The molecule has 0 unspecified atom stereocenters. The molecule has 1 heterocycles. The first-order chi connectivity index (χ1) is 11.6. The normalized spacial score (nSPS) is 11.7. The highest BCUT2D eigenvalue weighted by Gasteiger charge is 2.09. The molecule has 132 valence electrons. The molecule has 0 spiro atoms. The fraction of sp³-hybridized carbons (Fsp3) is 0.250. The summed E-state index contributed by atoms with van der Waals surface area (Å²) in [6.45, 7) is 4.29. The number of pyridine rings is 1. The molecule has 0 saturated carbocycles. The van der Waals surface area contributed by atoms with Crippen molar-refractivity contribution < 1.29 is 9.84 Å². The first-order valence-electron chi connectivity index (χ1n) is 8.05. The SMILES string of the molecule is COc1ccc(-c2cc(NC[C@H](C)O)c3ccccc3n2)cc1C.Cl. The minimum Gasteiger partial charge on any atom is -0.496 e. The molecule has 0 saturated heterocycles. The van der Waals surface area contributed by atoms with E-state index >= 15 is 0 Å². The van der Waals surface area contributed by atoms with Crippen molar-refractivity contribution in [2.24, 2.45) is 0 Å². The van der Waals surface area contributed by atoms with Gasteiger partial charge in [-0.25, -0.2) is 4.98 Å². The van der Waals surface area contributed by atoms with Gasteiger partial charge in [-0.05, 0) is 49.7 Å². The molecular formula is C20H23ClN2O2. The van der Waals surface area contributed by atoms with Gasteiger partial charge in [0.25, 0.3) is 0 Å². The molecule has 4 nitrogen and oxygen atoms in total. The fourth-order valence-electron chi connectivity index (χ4n) is 2.76. The molecule has 0 radical (unpaired) electrons. The number of aliphatic hydroxyl groups excluding tert-OH is 1. The van der Waals surface area contributed by atoms with Gasteiger partial charge in [0.2, 0.25) is 0 Å². The number of benzene rings is 2. The molecule has 1 atom stereocenters. The van der Waals surface area contributed by atoms with Gasteiger partial charge in [0.15, 0.2) is 0 Å². The molecule has 0 amide bonds. The van der Waals surface area contributed by atoms with E-state index in [1.807, 2.05) is 49.4 Å². The van der Waals surface area contributed by atoms with Crippen molar-refractivity contribution in [2.45, 2.75) is 20.0 Å². The lowest BCUT2D eigenvalue weighted by molar-refractivity contribution is 0.208. The van der Waals surface area contributed by atoms with Crippen LogP contribution in [0.5, 0.6) is 5.75 Å². The Bertz CT molecular complexity index is 865. The van der Waals surface area contributed by atoms with Crippen molar-refractivity contribution in [3.8, 4) is 17.0 Å². The number of halogens is 1. The zero-order chi connectivity index (χ0) is 17.1. The predicted molar refractivity (Wildman–Crippen MR) is 106 cm³/mol. The number of fused-ring (bicyclic) bond motifs is 1. The van der Waals surface area contributed by atoms with Crippen LogP contribution in [0.2, 0.25) is 0 Å². The Balaban J connectivity index is 0.00000225. The minimum atomic E-state index is -0.413. The predicted octanol–water partition coefficient (Wildman–Crippen LogP) is 4.43. The van der Waals surface area contributed by atoms with Gasteiger partial charge in [0.05, 0.1) is 24.4 Å². The maximum absolute atomic E-state index is 9.57. The Morgan fingerprint density at radius 2 is 1.92 bits per heavy atom. The standard InChI is InChI=1S/C20H22N2O2.ClH/c1-13-10-15(8-9-20(13)24-3)18-11-19(21-12-14(2)23)16-6-4-5-7-17(16)22-18;/h4-11,14,23H,12H2,1-3H3,(H,21,22);1H/t14-;/m0./s1. The highest BCUT2D eigenvalue weighted by atomic mass is 35.5. The molecule has 2 N–H and O–H groups in total. The van der Waals surface area contributed by atoms with Crippen LogP contribution in [-0.4, -0.2) is 29.8 Å². The Kier molecular flexibility index (Phi) is 6.23. The zero-order valence-corrected chi connectivity index (χ0v) is 15.4. The molecule has 3 rings (SSSR count). The van der Waals surface area contributed by atoms with E-state index in [4.69, 9.17) is 9.72 Å². The van der Waals surface area contributed by atoms with Crippen molar-refractivity contribution in [3.05, 3.63) is 54.1 Å². The summed E-state index contributed by atoms with van der Waals surface area (Å²) in [7, 11) is 1.67. The second-order valence-corrected chi connectivity index (χ2v) is 5.99. The molecule has 2 aromatic carbocycles. The number of methoxy groups -OCH3 is 1. The highest BCUT2D eigenvalue weighted by Crippen LogP contribution is 2.30. The van der Waals surface area contributed by atoms with Crippen molar-refractivity contribution >= 4 is 29.0 Å². The van der Waals surface area contributed by atoms with Crippen molar-refractivity contribution in [2.75, 3.05) is 19.0 Å². The summed E-state index contributed by atoms with van der Waals surface area (Å²) >= 11 is 0. The molecule has 0 fully saturated rings. The number of anilines is 1. The van der Waals surface area contributed by atoms with Crippen molar-refractivity contribution in [1.82, 2.24) is 4.98 Å². The molecule has 3 aromatic rings. The number of nitrogens with zero attached hydrogens (tertiary/aromatic N) is 1. The van der Waals surface area contributed by atoms with Crippen molar-refractivity contribution in [3.63, 3.8) is 0 Å². The van der Waals surface area contributed by atoms with Gasteiger partial charge in [-0.2, -0.15) is 0 Å². The molecule has 0 bridgehead atoms. The van der Waals surface area contributed by atoms with Crippen LogP contribution >= 0.6 is 12.4 Å². The summed E-state index contributed by atoms with van der Waals surface area (Å²) in [6, 6.07) is 16.1. The Hall–Kier alpha value is -2.30. The quantitative estimate of drug-likeness (QED) is 0.708. The zero-order valence-electron chi connectivity index (χ0n) is 14.6. The van der Waals surface area contributed by atoms with E-state index in [1.165, 1.54) is 0 Å². The molecule has 1 aromatic heterocycles. The number of aromatic nitrogens is 1. The monoisotopic (exact) mass is 358 g/mol. The first kappa shape index (κ1) is 19.0. The molecular weight excluding hydrogens is 336 g/mol. The number of rotatable bonds is 5. The summed E-state index contributed by atoms with van der Waals surface area (Å²) < 4.78 is 5.33. The topological polar surface area (TPSA) is 54.4 Å². The van der Waals surface area contributed by atoms with E-state index in [1.54, 1.807) is 14.0 Å². The van der Waals surface area contributed by atoms with Gasteiger partial charge >= 0.3 is 0 Å². The number of nitrogens with one attached hydrogen (secondary N) is 1. The molecule has 5 heteroatoms. The van der Waals surface area contributed by atoms with Gasteiger partial charge < -0.3 is 15.2 Å². The van der Waals surface area contributed by atoms with Crippen LogP contribution in [0.3, 0.4) is 0 Å². The second kappa shape index (κ2) is 8.19. The lowest BCUT2D eigenvalue weighted by Gasteiger charge is -2.14. The van der Waals surface area contributed by atoms with E-state index in [2.05, 4.69) is 11.4 Å². The summed E-state index contributed by atoms with van der Waals surface area (Å²) in [5.74, 6) is 0.868. The number of aryl methyl sites for hydroxylation is 1. The second-order valence-electron chi connectivity index (χ2n) is 5.99. The molecule has 0 aliphatic heterocycles. The number of para-hydroxylation sites is 1. The van der Waals surface area contributed by atoms with Crippen LogP contribution < -0.4 is 10.1 Å². The van der Waals surface area contributed by atoms with Crippen LogP contribution in [0.1, 0.15) is 12.5 Å². The third kappa shape index (κ3) is 4.21. The van der Waals surface area contributed by atoms with Crippen LogP contribution in [-0.2, 0) is 0 Å². The molecule has 0 aliphatic rings. The summed E-state index contributed by atoms with van der Waals surface area (Å²) in [5, 5.41) is 13.9. The van der Waals surface area contributed by atoms with Gasteiger partial charge in [0, 0.05) is 23.2 Å². The average Bonchev–Trinajstić information content (AvgIpc) is 2.59. The highest BCUT2D eigenvalue weighted by molar-refractivity contribution is 5.93.